The fourth-order valence-electron chi connectivity index (χ4n) is 4.50. The second-order valence-corrected chi connectivity index (χ2v) is 8.54. The van der Waals surface area contributed by atoms with Crippen LogP contribution in [0.3, 0.4) is 0 Å². The highest BCUT2D eigenvalue weighted by Gasteiger charge is 2.23. The van der Waals surface area contributed by atoms with E-state index < -0.39 is 6.04 Å². The van der Waals surface area contributed by atoms with Gasteiger partial charge in [-0.15, -0.1) is 0 Å². The van der Waals surface area contributed by atoms with Crippen LogP contribution in [0.4, 0.5) is 0 Å². The Balaban J connectivity index is 1.67. The third kappa shape index (κ3) is 3.80. The SMILES string of the molecule is C/C(=N/O)c1cccc2cc([C@H](C)NC(=O)c3c(C)nn4cccnc34)n(-c3ccccc3)c(=O)c12. The number of nitrogens with one attached hydrogen (secondary N) is 1. The van der Waals surface area contributed by atoms with Crippen molar-refractivity contribution in [2.75, 3.05) is 0 Å². The van der Waals surface area contributed by atoms with Gasteiger partial charge in [-0.05, 0) is 50.4 Å². The summed E-state index contributed by atoms with van der Waals surface area (Å²) in [6, 6.07) is 17.7. The van der Waals surface area contributed by atoms with Gasteiger partial charge in [0.2, 0.25) is 0 Å². The van der Waals surface area contributed by atoms with Crippen molar-refractivity contribution < 1.29 is 10.0 Å². The van der Waals surface area contributed by atoms with Crippen LogP contribution < -0.4 is 10.9 Å². The van der Waals surface area contributed by atoms with Gasteiger partial charge in [0, 0.05) is 29.3 Å². The van der Waals surface area contributed by atoms with E-state index in [-0.39, 0.29) is 11.5 Å². The number of hydrogen-bond donors (Lipinski definition) is 2. The van der Waals surface area contributed by atoms with Crippen molar-refractivity contribution >= 4 is 28.0 Å². The van der Waals surface area contributed by atoms with Gasteiger partial charge in [-0.2, -0.15) is 5.10 Å². The first kappa shape index (κ1) is 23.0. The number of nitrogens with zero attached hydrogens (tertiary/aromatic N) is 5. The Hall–Kier alpha value is -4.79. The number of para-hydroxylation sites is 1. The first-order valence-corrected chi connectivity index (χ1v) is 11.4. The first-order valence-electron chi connectivity index (χ1n) is 11.4. The van der Waals surface area contributed by atoms with E-state index in [0.717, 1.165) is 0 Å². The zero-order valence-corrected chi connectivity index (χ0v) is 20.0. The quantitative estimate of drug-likeness (QED) is 0.224. The minimum Gasteiger partial charge on any atom is -0.411 e. The van der Waals surface area contributed by atoms with Crippen LogP contribution in [0, 0.1) is 6.92 Å². The first-order chi connectivity index (χ1) is 17.4. The van der Waals surface area contributed by atoms with Crippen molar-refractivity contribution in [3.8, 4) is 5.69 Å². The van der Waals surface area contributed by atoms with Gasteiger partial charge in [0.15, 0.2) is 5.65 Å². The molecule has 9 heteroatoms. The van der Waals surface area contributed by atoms with Gasteiger partial charge in [0.05, 0.1) is 22.8 Å². The molecule has 3 heterocycles. The number of hydrogen-bond acceptors (Lipinski definition) is 6. The predicted octanol–water partition coefficient (Wildman–Crippen LogP) is 4.03. The fourth-order valence-corrected chi connectivity index (χ4v) is 4.50. The van der Waals surface area contributed by atoms with Crippen LogP contribution in [-0.4, -0.2) is 36.0 Å². The van der Waals surface area contributed by atoms with E-state index >= 15 is 0 Å². The molecule has 5 aromatic rings. The summed E-state index contributed by atoms with van der Waals surface area (Å²) >= 11 is 0. The molecule has 0 aliphatic heterocycles. The minimum absolute atomic E-state index is 0.276. The molecule has 0 radical (unpaired) electrons. The van der Waals surface area contributed by atoms with E-state index in [2.05, 4.69) is 20.6 Å². The Morgan fingerprint density at radius 1 is 1.11 bits per heavy atom. The number of pyridine rings is 1. The highest BCUT2D eigenvalue weighted by atomic mass is 16.4. The summed E-state index contributed by atoms with van der Waals surface area (Å²) in [4.78, 5) is 31.6. The smallest absolute Gasteiger partial charge is 0.263 e. The van der Waals surface area contributed by atoms with Crippen molar-refractivity contribution in [3.05, 3.63) is 106 Å². The molecule has 0 saturated carbocycles. The van der Waals surface area contributed by atoms with Gasteiger partial charge in [0.1, 0.15) is 5.56 Å². The molecule has 9 nitrogen and oxygen atoms in total. The largest absolute Gasteiger partial charge is 0.411 e. The Bertz CT molecular complexity index is 1700. The van der Waals surface area contributed by atoms with Gasteiger partial charge in [-0.3, -0.25) is 14.2 Å². The summed E-state index contributed by atoms with van der Waals surface area (Å²) < 4.78 is 3.15. The highest BCUT2D eigenvalue weighted by molar-refractivity contribution is 6.09. The molecule has 0 aliphatic rings. The normalized spacial score (nSPS) is 12.7. The summed E-state index contributed by atoms with van der Waals surface area (Å²) in [5.74, 6) is -0.335. The third-order valence-corrected chi connectivity index (χ3v) is 6.22. The lowest BCUT2D eigenvalue weighted by molar-refractivity contribution is 0.0939. The summed E-state index contributed by atoms with van der Waals surface area (Å²) in [6.07, 6.45) is 3.35. The molecule has 2 N–H and O–H groups in total. The lowest BCUT2D eigenvalue weighted by Gasteiger charge is -2.21. The van der Waals surface area contributed by atoms with Crippen LogP contribution in [0.2, 0.25) is 0 Å². The lowest BCUT2D eigenvalue weighted by atomic mass is 10.0. The molecule has 3 aromatic heterocycles. The Morgan fingerprint density at radius 3 is 2.64 bits per heavy atom. The van der Waals surface area contributed by atoms with Crippen molar-refractivity contribution in [1.82, 2.24) is 24.5 Å². The molecule has 0 unspecified atom stereocenters. The van der Waals surface area contributed by atoms with E-state index in [1.165, 1.54) is 0 Å². The maximum atomic E-state index is 13.9. The van der Waals surface area contributed by atoms with E-state index in [1.54, 1.807) is 53.5 Å². The number of aromatic nitrogens is 4. The molecule has 1 amide bonds. The molecule has 1 atom stereocenters. The molecule has 0 saturated heterocycles. The molecular weight excluding hydrogens is 456 g/mol. The van der Waals surface area contributed by atoms with Crippen molar-refractivity contribution in [2.24, 2.45) is 5.16 Å². The van der Waals surface area contributed by atoms with E-state index in [1.807, 2.05) is 49.4 Å². The molecule has 0 fully saturated rings. The lowest BCUT2D eigenvalue weighted by Crippen LogP contribution is -2.32. The van der Waals surface area contributed by atoms with Crippen LogP contribution in [0.5, 0.6) is 0 Å². The van der Waals surface area contributed by atoms with Gasteiger partial charge < -0.3 is 10.5 Å². The zero-order valence-electron chi connectivity index (χ0n) is 20.0. The number of carbonyl (C=O) groups is 1. The number of aryl methyl sites for hydroxylation is 1. The minimum atomic E-state index is -0.538. The van der Waals surface area contributed by atoms with Crippen molar-refractivity contribution in [3.63, 3.8) is 0 Å². The Kier molecular flexibility index (Phi) is 5.81. The van der Waals surface area contributed by atoms with Gasteiger partial charge in [0.25, 0.3) is 11.5 Å². The average molecular weight is 481 g/mol. The number of oxime groups is 1. The number of amides is 1. The number of carbonyl (C=O) groups excluding carboxylic acids is 1. The van der Waals surface area contributed by atoms with Gasteiger partial charge >= 0.3 is 0 Å². The van der Waals surface area contributed by atoms with Crippen LogP contribution in [-0.2, 0) is 0 Å². The molecule has 180 valence electrons. The van der Waals surface area contributed by atoms with E-state index in [9.17, 15) is 14.8 Å². The Labute approximate surface area is 206 Å². The predicted molar refractivity (Wildman–Crippen MR) is 137 cm³/mol. The molecule has 0 bridgehead atoms. The summed E-state index contributed by atoms with van der Waals surface area (Å²) in [5.41, 5.74) is 3.26. The molecular formula is C27H24N6O3. The van der Waals surface area contributed by atoms with Gasteiger partial charge in [-0.25, -0.2) is 9.50 Å². The number of fused-ring (bicyclic) bond motifs is 2. The van der Waals surface area contributed by atoms with Crippen LogP contribution in [0.1, 0.15) is 47.2 Å². The number of benzene rings is 2. The summed E-state index contributed by atoms with van der Waals surface area (Å²) in [7, 11) is 0. The second kappa shape index (κ2) is 9.10. The summed E-state index contributed by atoms with van der Waals surface area (Å²) in [5, 5.41) is 21.2. The number of rotatable bonds is 5. The van der Waals surface area contributed by atoms with E-state index in [0.29, 0.717) is 50.3 Å². The van der Waals surface area contributed by atoms with Crippen LogP contribution in [0.25, 0.3) is 22.1 Å². The zero-order chi connectivity index (χ0) is 25.4. The van der Waals surface area contributed by atoms with Crippen LogP contribution in [0.15, 0.2) is 83.0 Å². The third-order valence-electron chi connectivity index (χ3n) is 6.22. The molecule has 0 spiro atoms. The standard InChI is InChI=1S/C27H24N6O3/c1-16(31-36)21-12-7-9-19-15-22(33(27(35)24(19)21)20-10-5-4-6-11-20)17(2)29-26(34)23-18(3)30-32-14-8-13-28-25(23)32/h4-15,17,36H,1-3H3,(H,29,34)/b31-16-/t17-/m0/s1. The maximum Gasteiger partial charge on any atom is 0.263 e. The topological polar surface area (TPSA) is 114 Å². The van der Waals surface area contributed by atoms with E-state index in [4.69, 9.17) is 0 Å². The molecule has 2 aromatic carbocycles. The van der Waals surface area contributed by atoms with Gasteiger partial charge in [-0.1, -0.05) is 41.6 Å². The maximum absolute atomic E-state index is 13.9. The molecule has 5 rings (SSSR count). The molecule has 36 heavy (non-hydrogen) atoms. The monoisotopic (exact) mass is 480 g/mol. The fraction of sp³-hybridized carbons (Fsp3) is 0.148. The van der Waals surface area contributed by atoms with Crippen molar-refractivity contribution in [1.29, 1.82) is 0 Å². The average Bonchev–Trinajstić information content (AvgIpc) is 3.23. The van der Waals surface area contributed by atoms with Crippen molar-refractivity contribution in [2.45, 2.75) is 26.8 Å². The molecule has 0 aliphatic carbocycles. The van der Waals surface area contributed by atoms with Crippen LogP contribution >= 0.6 is 0 Å². The summed E-state index contributed by atoms with van der Waals surface area (Å²) in [6.45, 7) is 5.23. The second-order valence-electron chi connectivity index (χ2n) is 8.54. The Morgan fingerprint density at radius 2 is 1.89 bits per heavy atom. The highest BCUT2D eigenvalue weighted by Crippen LogP contribution is 2.24.